The Balaban J connectivity index is 1.04. The smallest absolute Gasteiger partial charge is 0.0358 e. The lowest BCUT2D eigenvalue weighted by Gasteiger charge is -2.20. The third kappa shape index (κ3) is 4.33. The van der Waals surface area contributed by atoms with Gasteiger partial charge in [0.25, 0.3) is 0 Å². The van der Waals surface area contributed by atoms with Crippen LogP contribution in [-0.2, 0) is 6.42 Å². The van der Waals surface area contributed by atoms with Crippen LogP contribution in [0.3, 0.4) is 0 Å². The van der Waals surface area contributed by atoms with Crippen LogP contribution in [0.2, 0.25) is 0 Å². The molecule has 0 heterocycles. The lowest BCUT2D eigenvalue weighted by atomic mass is 9.83. The van der Waals surface area contributed by atoms with E-state index in [1.165, 1.54) is 100 Å². The molecule has 0 heteroatoms. The fourth-order valence-corrected chi connectivity index (χ4v) is 9.41. The van der Waals surface area contributed by atoms with E-state index in [-0.39, 0.29) is 11.8 Å². The Bertz CT molecular complexity index is 2680. The molecular formula is C51H34. The van der Waals surface area contributed by atoms with Gasteiger partial charge in [-0.25, -0.2) is 0 Å². The first-order valence-corrected chi connectivity index (χ1v) is 18.1. The molecule has 0 amide bonds. The molecule has 8 aromatic rings. The second-order valence-electron chi connectivity index (χ2n) is 14.3. The molecule has 0 saturated carbocycles. The Labute approximate surface area is 299 Å². The zero-order chi connectivity index (χ0) is 33.5. The molecule has 2 atom stereocenters. The Kier molecular flexibility index (Phi) is 6.24. The van der Waals surface area contributed by atoms with E-state index in [1.54, 1.807) is 0 Å². The van der Waals surface area contributed by atoms with E-state index < -0.39 is 0 Å². The highest BCUT2D eigenvalue weighted by molar-refractivity contribution is 5.89. The van der Waals surface area contributed by atoms with Crippen molar-refractivity contribution in [2.24, 2.45) is 0 Å². The SMILES string of the molecule is c1ccc(C2c3ccccc3-c3cc(-c4ccc5c(c4)C(c4ccccc4-c4ccc6c(c4)-c4ccccc4C6)c4ccccc4-5)ccc32)cc1. The summed E-state index contributed by atoms with van der Waals surface area (Å²) < 4.78 is 0. The van der Waals surface area contributed by atoms with Crippen LogP contribution in [0, 0.1) is 0 Å². The zero-order valence-corrected chi connectivity index (χ0v) is 28.2. The molecule has 3 aliphatic rings. The van der Waals surface area contributed by atoms with E-state index in [0.29, 0.717) is 0 Å². The third-order valence-electron chi connectivity index (χ3n) is 11.7. The van der Waals surface area contributed by atoms with Gasteiger partial charge in [-0.05, 0) is 125 Å². The number of rotatable bonds is 4. The van der Waals surface area contributed by atoms with Crippen molar-refractivity contribution in [3.05, 3.63) is 226 Å². The van der Waals surface area contributed by atoms with Gasteiger partial charge in [0.15, 0.2) is 0 Å². The van der Waals surface area contributed by atoms with Gasteiger partial charge in [-0.2, -0.15) is 0 Å². The summed E-state index contributed by atoms with van der Waals surface area (Å²) in [6.07, 6.45) is 1.01. The largest absolute Gasteiger partial charge is 0.0622 e. The molecular weight excluding hydrogens is 613 g/mol. The van der Waals surface area contributed by atoms with Crippen molar-refractivity contribution in [1.82, 2.24) is 0 Å². The molecule has 0 fully saturated rings. The van der Waals surface area contributed by atoms with Crippen LogP contribution in [0.5, 0.6) is 0 Å². The highest BCUT2D eigenvalue weighted by Crippen LogP contribution is 2.53. The quantitative estimate of drug-likeness (QED) is 0.178. The topological polar surface area (TPSA) is 0 Å². The monoisotopic (exact) mass is 646 g/mol. The second kappa shape index (κ2) is 11.1. The van der Waals surface area contributed by atoms with E-state index in [4.69, 9.17) is 0 Å². The molecule has 0 nitrogen and oxygen atoms in total. The third-order valence-corrected chi connectivity index (χ3v) is 11.7. The molecule has 11 rings (SSSR count). The minimum absolute atomic E-state index is 0.144. The normalized spacial score (nSPS) is 15.8. The number of benzene rings is 8. The minimum Gasteiger partial charge on any atom is -0.0622 e. The fraction of sp³-hybridized carbons (Fsp3) is 0.0588. The van der Waals surface area contributed by atoms with Crippen LogP contribution < -0.4 is 0 Å². The molecule has 0 N–H and O–H groups in total. The maximum absolute atomic E-state index is 2.48. The molecule has 0 aromatic heterocycles. The Morgan fingerprint density at radius 2 is 0.784 bits per heavy atom. The van der Waals surface area contributed by atoms with E-state index in [1.807, 2.05) is 0 Å². The van der Waals surface area contributed by atoms with E-state index in [9.17, 15) is 0 Å². The van der Waals surface area contributed by atoms with E-state index in [2.05, 4.69) is 182 Å². The minimum atomic E-state index is 0.144. The average molecular weight is 647 g/mol. The van der Waals surface area contributed by atoms with Crippen molar-refractivity contribution in [2.45, 2.75) is 18.3 Å². The summed E-state index contributed by atoms with van der Waals surface area (Å²) in [6, 6.07) is 68.4. The van der Waals surface area contributed by atoms with Crippen molar-refractivity contribution in [3.8, 4) is 55.6 Å². The lowest BCUT2D eigenvalue weighted by molar-refractivity contribution is 1.01. The summed E-state index contributed by atoms with van der Waals surface area (Å²) in [5, 5.41) is 0. The number of hydrogen-bond donors (Lipinski definition) is 0. The van der Waals surface area contributed by atoms with Gasteiger partial charge in [-0.1, -0.05) is 164 Å². The van der Waals surface area contributed by atoms with Crippen LogP contribution in [-0.4, -0.2) is 0 Å². The van der Waals surface area contributed by atoms with Crippen molar-refractivity contribution in [2.75, 3.05) is 0 Å². The van der Waals surface area contributed by atoms with Gasteiger partial charge in [0, 0.05) is 11.8 Å². The summed E-state index contributed by atoms with van der Waals surface area (Å²) in [7, 11) is 0. The van der Waals surface area contributed by atoms with Crippen molar-refractivity contribution < 1.29 is 0 Å². The standard InChI is InChI=1S/C51H34/c1-2-12-32(13-3-1)50-44-20-10-8-18-41(44)48-29-33(25-27-46(48)50)34-24-26-42-40-17-7-11-21-45(40)51(49(42)30-34)43-19-9-6-15-38(43)37-23-22-36-28-35-14-4-5-16-39(35)47(36)31-37/h1-27,29-31,50-51H,28H2. The predicted molar refractivity (Wildman–Crippen MR) is 211 cm³/mol. The number of hydrogen-bond acceptors (Lipinski definition) is 0. The van der Waals surface area contributed by atoms with Crippen LogP contribution >= 0.6 is 0 Å². The molecule has 0 spiro atoms. The first-order chi connectivity index (χ1) is 25.3. The number of fused-ring (bicyclic) bond motifs is 9. The van der Waals surface area contributed by atoms with Gasteiger partial charge >= 0.3 is 0 Å². The van der Waals surface area contributed by atoms with Gasteiger partial charge in [-0.3, -0.25) is 0 Å². The van der Waals surface area contributed by atoms with Crippen molar-refractivity contribution in [1.29, 1.82) is 0 Å². The molecule has 0 aliphatic heterocycles. The van der Waals surface area contributed by atoms with E-state index >= 15 is 0 Å². The Morgan fingerprint density at radius 3 is 1.59 bits per heavy atom. The Hall–Kier alpha value is -6.24. The molecule has 3 aliphatic carbocycles. The van der Waals surface area contributed by atoms with Crippen LogP contribution in [0.4, 0.5) is 0 Å². The maximum atomic E-state index is 2.48. The molecule has 238 valence electrons. The van der Waals surface area contributed by atoms with Crippen LogP contribution in [0.15, 0.2) is 182 Å². The van der Waals surface area contributed by atoms with Gasteiger partial charge in [0.05, 0.1) is 0 Å². The van der Waals surface area contributed by atoms with Gasteiger partial charge in [0.2, 0.25) is 0 Å². The summed E-state index contributed by atoms with van der Waals surface area (Å²) >= 11 is 0. The molecule has 0 bridgehead atoms. The molecule has 8 aromatic carbocycles. The summed E-state index contributed by atoms with van der Waals surface area (Å²) in [5.41, 5.74) is 24.4. The highest BCUT2D eigenvalue weighted by atomic mass is 14.4. The van der Waals surface area contributed by atoms with Gasteiger partial charge < -0.3 is 0 Å². The maximum Gasteiger partial charge on any atom is 0.0358 e. The Morgan fingerprint density at radius 1 is 0.275 bits per heavy atom. The summed E-state index contributed by atoms with van der Waals surface area (Å²) in [6.45, 7) is 0. The summed E-state index contributed by atoms with van der Waals surface area (Å²) in [4.78, 5) is 0. The summed E-state index contributed by atoms with van der Waals surface area (Å²) in [5.74, 6) is 0.403. The fourth-order valence-electron chi connectivity index (χ4n) is 9.41. The molecule has 0 radical (unpaired) electrons. The highest BCUT2D eigenvalue weighted by Gasteiger charge is 2.33. The van der Waals surface area contributed by atoms with Crippen LogP contribution in [0.1, 0.15) is 56.3 Å². The lowest BCUT2D eigenvalue weighted by Crippen LogP contribution is -2.02. The van der Waals surface area contributed by atoms with Gasteiger partial charge in [0.1, 0.15) is 0 Å². The molecule has 0 saturated heterocycles. The van der Waals surface area contributed by atoms with Gasteiger partial charge in [-0.15, -0.1) is 0 Å². The predicted octanol–water partition coefficient (Wildman–Crippen LogP) is 12.9. The first-order valence-electron chi connectivity index (χ1n) is 18.1. The molecule has 2 unspecified atom stereocenters. The van der Waals surface area contributed by atoms with Crippen molar-refractivity contribution in [3.63, 3.8) is 0 Å². The molecule has 51 heavy (non-hydrogen) atoms. The van der Waals surface area contributed by atoms with E-state index in [0.717, 1.165) is 6.42 Å². The van der Waals surface area contributed by atoms with Crippen molar-refractivity contribution >= 4 is 0 Å². The second-order valence-corrected chi connectivity index (χ2v) is 14.3. The average Bonchev–Trinajstić information content (AvgIpc) is 3.85. The first kappa shape index (κ1) is 28.6. The zero-order valence-electron chi connectivity index (χ0n) is 28.2. The van der Waals surface area contributed by atoms with Crippen LogP contribution in [0.25, 0.3) is 55.6 Å².